The predicted octanol–water partition coefficient (Wildman–Crippen LogP) is 5.28. The van der Waals surface area contributed by atoms with Crippen LogP contribution in [0.2, 0.25) is 0 Å². The SMILES string of the molecule is CC1=C(C(=O)Nc2ccccc2)C(c2ccccc2[N+](=O)[O-])n2ncc(C(=O)Nc3ccc(C)cc3)c2N1. The number of amides is 2. The Bertz CT molecular complexity index is 1570. The predicted molar refractivity (Wildman–Crippen MR) is 144 cm³/mol. The van der Waals surface area contributed by atoms with Gasteiger partial charge < -0.3 is 16.0 Å². The molecule has 1 atom stereocenters. The van der Waals surface area contributed by atoms with Crippen LogP contribution in [-0.4, -0.2) is 26.5 Å². The van der Waals surface area contributed by atoms with Crippen molar-refractivity contribution in [2.24, 2.45) is 0 Å². The number of fused-ring (bicyclic) bond motifs is 1. The van der Waals surface area contributed by atoms with Crippen molar-refractivity contribution < 1.29 is 14.5 Å². The van der Waals surface area contributed by atoms with Gasteiger partial charge in [0.1, 0.15) is 17.4 Å². The van der Waals surface area contributed by atoms with Gasteiger partial charge >= 0.3 is 0 Å². The lowest BCUT2D eigenvalue weighted by Crippen LogP contribution is -2.32. The minimum atomic E-state index is -0.961. The zero-order valence-electron chi connectivity index (χ0n) is 20.6. The average Bonchev–Trinajstić information content (AvgIpc) is 3.33. The maximum absolute atomic E-state index is 13.6. The molecule has 0 fully saturated rings. The molecule has 1 aliphatic heterocycles. The first-order chi connectivity index (χ1) is 18.3. The van der Waals surface area contributed by atoms with Gasteiger partial charge in [-0.3, -0.25) is 19.7 Å². The minimum absolute atomic E-state index is 0.163. The first-order valence-corrected chi connectivity index (χ1v) is 11.9. The van der Waals surface area contributed by atoms with Gasteiger partial charge in [-0.1, -0.05) is 48.0 Å². The summed E-state index contributed by atoms with van der Waals surface area (Å²) in [6.45, 7) is 3.65. The van der Waals surface area contributed by atoms with Crippen LogP contribution in [0.3, 0.4) is 0 Å². The Labute approximate surface area is 218 Å². The van der Waals surface area contributed by atoms with Gasteiger partial charge in [-0.05, 0) is 44.2 Å². The molecule has 3 N–H and O–H groups in total. The summed E-state index contributed by atoms with van der Waals surface area (Å²) >= 11 is 0. The van der Waals surface area contributed by atoms with Gasteiger partial charge in [0.25, 0.3) is 17.5 Å². The highest BCUT2D eigenvalue weighted by Gasteiger charge is 2.38. The molecular weight excluding hydrogens is 484 g/mol. The number of anilines is 3. The van der Waals surface area contributed by atoms with Crippen LogP contribution < -0.4 is 16.0 Å². The van der Waals surface area contributed by atoms with Crippen molar-refractivity contribution in [3.63, 3.8) is 0 Å². The topological polar surface area (TPSA) is 131 Å². The number of nitro groups is 1. The molecule has 0 radical (unpaired) electrons. The molecule has 0 spiro atoms. The number of para-hydroxylation sites is 2. The standard InChI is InChI=1S/C28H24N6O4/c1-17-12-14-20(15-13-17)31-27(35)22-16-29-33-25(21-10-6-7-11-23(21)34(37)38)24(18(2)30-26(22)33)28(36)32-19-8-4-3-5-9-19/h3-16,25,30H,1-2H3,(H,31,35)(H,32,36). The van der Waals surface area contributed by atoms with E-state index in [2.05, 4.69) is 21.0 Å². The van der Waals surface area contributed by atoms with Crippen molar-refractivity contribution in [1.82, 2.24) is 9.78 Å². The molecule has 3 aromatic carbocycles. The second kappa shape index (κ2) is 10.0. The molecule has 5 rings (SSSR count). The van der Waals surface area contributed by atoms with E-state index in [1.807, 2.05) is 25.1 Å². The molecule has 190 valence electrons. The number of nitrogens with zero attached hydrogens (tertiary/aromatic N) is 3. The molecule has 0 aliphatic carbocycles. The van der Waals surface area contributed by atoms with Gasteiger partial charge in [-0.25, -0.2) is 4.68 Å². The molecule has 0 saturated carbocycles. The van der Waals surface area contributed by atoms with Gasteiger partial charge in [-0.2, -0.15) is 5.10 Å². The van der Waals surface area contributed by atoms with Crippen LogP contribution in [-0.2, 0) is 4.79 Å². The molecule has 2 amide bonds. The molecule has 10 heteroatoms. The number of aromatic nitrogens is 2. The second-order valence-corrected chi connectivity index (χ2v) is 8.87. The van der Waals surface area contributed by atoms with Crippen LogP contribution in [0.1, 0.15) is 34.5 Å². The molecular formula is C28H24N6O4. The van der Waals surface area contributed by atoms with E-state index in [9.17, 15) is 19.7 Å². The van der Waals surface area contributed by atoms with Gasteiger partial charge in [0.2, 0.25) is 0 Å². The molecule has 38 heavy (non-hydrogen) atoms. The largest absolute Gasteiger partial charge is 0.343 e. The number of aryl methyl sites for hydroxylation is 1. The lowest BCUT2D eigenvalue weighted by molar-refractivity contribution is -0.385. The summed E-state index contributed by atoms with van der Waals surface area (Å²) in [4.78, 5) is 38.2. The Balaban J connectivity index is 1.59. The van der Waals surface area contributed by atoms with E-state index in [1.165, 1.54) is 16.9 Å². The van der Waals surface area contributed by atoms with Crippen molar-refractivity contribution >= 4 is 34.7 Å². The van der Waals surface area contributed by atoms with Crippen LogP contribution in [0, 0.1) is 17.0 Å². The second-order valence-electron chi connectivity index (χ2n) is 8.87. The zero-order chi connectivity index (χ0) is 26.8. The number of nitrogens with one attached hydrogen (secondary N) is 3. The van der Waals surface area contributed by atoms with Crippen molar-refractivity contribution in [3.05, 3.63) is 123 Å². The monoisotopic (exact) mass is 508 g/mol. The van der Waals surface area contributed by atoms with Crippen LogP contribution in [0.25, 0.3) is 0 Å². The quantitative estimate of drug-likeness (QED) is 0.240. The number of hydrogen-bond acceptors (Lipinski definition) is 6. The third-order valence-electron chi connectivity index (χ3n) is 6.28. The number of carbonyl (C=O) groups is 2. The Morgan fingerprint density at radius 2 is 1.53 bits per heavy atom. The Hall–Kier alpha value is -5.25. The Kier molecular flexibility index (Phi) is 6.44. The minimum Gasteiger partial charge on any atom is -0.343 e. The number of benzene rings is 3. The Morgan fingerprint density at radius 3 is 2.24 bits per heavy atom. The lowest BCUT2D eigenvalue weighted by Gasteiger charge is -2.30. The molecule has 0 bridgehead atoms. The smallest absolute Gasteiger partial charge is 0.275 e. The Morgan fingerprint density at radius 1 is 0.895 bits per heavy atom. The van der Waals surface area contributed by atoms with Crippen LogP contribution >= 0.6 is 0 Å². The fourth-order valence-corrected chi connectivity index (χ4v) is 4.44. The normalized spacial score (nSPS) is 14.3. The summed E-state index contributed by atoms with van der Waals surface area (Å²) < 4.78 is 1.44. The van der Waals surface area contributed by atoms with E-state index in [1.54, 1.807) is 61.5 Å². The molecule has 1 aliphatic rings. The van der Waals surface area contributed by atoms with Crippen molar-refractivity contribution in [2.45, 2.75) is 19.9 Å². The summed E-state index contributed by atoms with van der Waals surface area (Å²) in [5, 5.41) is 25.2. The van der Waals surface area contributed by atoms with Gasteiger partial charge in [-0.15, -0.1) is 0 Å². The van der Waals surface area contributed by atoms with Gasteiger partial charge in [0.05, 0.1) is 22.3 Å². The fourth-order valence-electron chi connectivity index (χ4n) is 4.44. The summed E-state index contributed by atoms with van der Waals surface area (Å²) in [6.07, 6.45) is 1.39. The van der Waals surface area contributed by atoms with Crippen molar-refractivity contribution in [2.75, 3.05) is 16.0 Å². The maximum atomic E-state index is 13.6. The first kappa shape index (κ1) is 24.4. The van der Waals surface area contributed by atoms with E-state index in [0.717, 1.165) is 5.56 Å². The van der Waals surface area contributed by atoms with Crippen molar-refractivity contribution in [3.8, 4) is 0 Å². The number of carbonyl (C=O) groups excluding carboxylic acids is 2. The van der Waals surface area contributed by atoms with Crippen LogP contribution in [0.5, 0.6) is 0 Å². The molecule has 10 nitrogen and oxygen atoms in total. The van der Waals surface area contributed by atoms with Gasteiger partial charge in [0.15, 0.2) is 0 Å². The summed E-state index contributed by atoms with van der Waals surface area (Å²) in [7, 11) is 0. The zero-order valence-corrected chi connectivity index (χ0v) is 20.6. The van der Waals surface area contributed by atoms with E-state index in [-0.39, 0.29) is 22.4 Å². The summed E-state index contributed by atoms with van der Waals surface area (Å²) in [6, 6.07) is 21.5. The molecule has 2 heterocycles. The third kappa shape index (κ3) is 4.62. The molecule has 1 aromatic heterocycles. The number of hydrogen-bond donors (Lipinski definition) is 3. The van der Waals surface area contributed by atoms with Gasteiger partial charge in [0, 0.05) is 23.1 Å². The van der Waals surface area contributed by atoms with Crippen LogP contribution in [0.4, 0.5) is 22.9 Å². The fraction of sp³-hybridized carbons (Fsp3) is 0.107. The first-order valence-electron chi connectivity index (χ1n) is 11.9. The van der Waals surface area contributed by atoms with E-state index >= 15 is 0 Å². The number of rotatable bonds is 6. The summed E-state index contributed by atoms with van der Waals surface area (Å²) in [5.41, 5.74) is 3.27. The number of allylic oxidation sites excluding steroid dienone is 1. The van der Waals surface area contributed by atoms with E-state index < -0.39 is 22.8 Å². The molecule has 4 aromatic rings. The maximum Gasteiger partial charge on any atom is 0.275 e. The highest BCUT2D eigenvalue weighted by atomic mass is 16.6. The van der Waals surface area contributed by atoms with Crippen molar-refractivity contribution in [1.29, 1.82) is 0 Å². The number of nitro benzene ring substituents is 1. The van der Waals surface area contributed by atoms with Crippen LogP contribution in [0.15, 0.2) is 96.3 Å². The molecule has 1 unspecified atom stereocenters. The van der Waals surface area contributed by atoms with E-state index in [0.29, 0.717) is 22.9 Å². The third-order valence-corrected chi connectivity index (χ3v) is 6.28. The lowest BCUT2D eigenvalue weighted by atomic mass is 9.93. The highest BCUT2D eigenvalue weighted by molar-refractivity contribution is 6.09. The summed E-state index contributed by atoms with van der Waals surface area (Å²) in [5.74, 6) is -0.531. The molecule has 0 saturated heterocycles. The average molecular weight is 509 g/mol. The highest BCUT2D eigenvalue weighted by Crippen LogP contribution is 2.41. The van der Waals surface area contributed by atoms with E-state index in [4.69, 9.17) is 0 Å².